The van der Waals surface area contributed by atoms with Gasteiger partial charge in [0.25, 0.3) is 0 Å². The number of benzene rings is 2. The molecule has 0 heterocycles. The number of nitrogens with zero attached hydrogens (tertiary/aromatic N) is 1. The third-order valence-corrected chi connectivity index (χ3v) is 4.48. The predicted molar refractivity (Wildman–Crippen MR) is 109 cm³/mol. The smallest absolute Gasteiger partial charge is 0.231 e. The maximum absolute atomic E-state index is 12.9. The number of anilines is 1. The van der Waals surface area contributed by atoms with Gasteiger partial charge in [-0.05, 0) is 5.56 Å². The lowest BCUT2D eigenvalue weighted by molar-refractivity contribution is -0.122. The third kappa shape index (κ3) is 4.84. The van der Waals surface area contributed by atoms with Gasteiger partial charge >= 0.3 is 0 Å². The van der Waals surface area contributed by atoms with Crippen LogP contribution in [0.15, 0.2) is 42.5 Å². The largest absolute Gasteiger partial charge is 0.493 e. The van der Waals surface area contributed by atoms with E-state index in [0.29, 0.717) is 22.9 Å². The van der Waals surface area contributed by atoms with Gasteiger partial charge in [0.2, 0.25) is 11.7 Å². The lowest BCUT2D eigenvalue weighted by Crippen LogP contribution is -2.37. The summed E-state index contributed by atoms with van der Waals surface area (Å²) in [5, 5.41) is 0. The van der Waals surface area contributed by atoms with Gasteiger partial charge in [0.05, 0.1) is 32.9 Å². The highest BCUT2D eigenvalue weighted by atomic mass is 35.5. The van der Waals surface area contributed by atoms with Gasteiger partial charge in [0.15, 0.2) is 11.5 Å². The van der Waals surface area contributed by atoms with Gasteiger partial charge < -0.3 is 24.8 Å². The molecule has 2 N–H and O–H groups in total. The number of amides is 1. The molecule has 7 heteroatoms. The minimum absolute atomic E-state index is 0. The summed E-state index contributed by atoms with van der Waals surface area (Å²) < 4.78 is 16.0. The minimum atomic E-state index is -0.401. The Bertz CT molecular complexity index is 730. The topological polar surface area (TPSA) is 74.0 Å². The number of ether oxygens (including phenoxy) is 3. The molecule has 0 saturated heterocycles. The molecule has 0 spiro atoms. The predicted octanol–water partition coefficient (Wildman–Crippen LogP) is 3.43. The van der Waals surface area contributed by atoms with Gasteiger partial charge in [-0.1, -0.05) is 37.3 Å². The highest BCUT2D eigenvalue weighted by Gasteiger charge is 2.27. The van der Waals surface area contributed by atoms with Crippen molar-refractivity contribution in [1.82, 2.24) is 0 Å². The van der Waals surface area contributed by atoms with Crippen LogP contribution in [0.2, 0.25) is 0 Å². The number of rotatable bonds is 7. The summed E-state index contributed by atoms with van der Waals surface area (Å²) in [6.07, 6.45) is 0. The Morgan fingerprint density at radius 3 is 1.96 bits per heavy atom. The molecule has 0 fully saturated rings. The van der Waals surface area contributed by atoms with Gasteiger partial charge in [-0.25, -0.2) is 0 Å². The van der Waals surface area contributed by atoms with Crippen molar-refractivity contribution in [3.63, 3.8) is 0 Å². The highest BCUT2D eigenvalue weighted by Crippen LogP contribution is 2.41. The number of methoxy groups -OCH3 is 3. The normalized spacial score (nSPS) is 12.4. The van der Waals surface area contributed by atoms with Crippen molar-refractivity contribution in [2.45, 2.75) is 13.0 Å². The molecule has 2 unspecified atom stereocenters. The Kier molecular flexibility index (Phi) is 8.40. The molecular formula is C20H27ClN2O4. The van der Waals surface area contributed by atoms with Crippen molar-refractivity contribution in [1.29, 1.82) is 0 Å². The van der Waals surface area contributed by atoms with Crippen LogP contribution in [0.25, 0.3) is 0 Å². The van der Waals surface area contributed by atoms with Crippen molar-refractivity contribution in [3.8, 4) is 17.2 Å². The molecule has 0 saturated carbocycles. The average Bonchev–Trinajstić information content (AvgIpc) is 2.70. The summed E-state index contributed by atoms with van der Waals surface area (Å²) in [7, 11) is 6.32. The van der Waals surface area contributed by atoms with Gasteiger partial charge in [0, 0.05) is 25.2 Å². The number of hydrogen-bond acceptors (Lipinski definition) is 5. The van der Waals surface area contributed by atoms with E-state index in [2.05, 4.69) is 0 Å². The Labute approximate surface area is 166 Å². The van der Waals surface area contributed by atoms with E-state index in [1.807, 2.05) is 37.3 Å². The first kappa shape index (κ1) is 22.6. The van der Waals surface area contributed by atoms with E-state index < -0.39 is 12.0 Å². The lowest BCUT2D eigenvalue weighted by Gasteiger charge is -2.26. The molecule has 0 radical (unpaired) electrons. The SMILES string of the molecule is COc1cc(N(C)C(=O)C(C)C(N)c2ccccc2)cc(OC)c1OC.Cl. The summed E-state index contributed by atoms with van der Waals surface area (Å²) in [5.41, 5.74) is 7.85. The van der Waals surface area contributed by atoms with E-state index >= 15 is 0 Å². The van der Waals surface area contributed by atoms with Crippen LogP contribution in [-0.2, 0) is 4.79 Å². The maximum Gasteiger partial charge on any atom is 0.231 e. The van der Waals surface area contributed by atoms with Crippen molar-refractivity contribution < 1.29 is 19.0 Å². The van der Waals surface area contributed by atoms with Crippen molar-refractivity contribution >= 4 is 24.0 Å². The molecule has 2 rings (SSSR count). The van der Waals surface area contributed by atoms with Crippen LogP contribution in [-0.4, -0.2) is 34.3 Å². The van der Waals surface area contributed by atoms with E-state index in [-0.39, 0.29) is 18.3 Å². The first-order valence-corrected chi connectivity index (χ1v) is 8.32. The molecule has 27 heavy (non-hydrogen) atoms. The Morgan fingerprint density at radius 1 is 1.00 bits per heavy atom. The average molecular weight is 395 g/mol. The molecule has 2 aromatic carbocycles. The molecule has 0 aliphatic carbocycles. The van der Waals surface area contributed by atoms with E-state index in [1.54, 1.807) is 24.1 Å². The second-order valence-electron chi connectivity index (χ2n) is 6.01. The Morgan fingerprint density at radius 2 is 1.52 bits per heavy atom. The van der Waals surface area contributed by atoms with Crippen molar-refractivity contribution in [2.75, 3.05) is 33.3 Å². The minimum Gasteiger partial charge on any atom is -0.493 e. The first-order chi connectivity index (χ1) is 12.4. The Hall–Kier alpha value is -2.44. The monoisotopic (exact) mass is 394 g/mol. The van der Waals surface area contributed by atoms with E-state index in [1.165, 1.54) is 21.3 Å². The maximum atomic E-state index is 12.9. The molecule has 148 valence electrons. The van der Waals surface area contributed by atoms with E-state index in [4.69, 9.17) is 19.9 Å². The van der Waals surface area contributed by atoms with E-state index in [9.17, 15) is 4.79 Å². The van der Waals surface area contributed by atoms with Crippen molar-refractivity contribution in [2.24, 2.45) is 11.7 Å². The van der Waals surface area contributed by atoms with E-state index in [0.717, 1.165) is 5.56 Å². The molecule has 6 nitrogen and oxygen atoms in total. The fourth-order valence-electron chi connectivity index (χ4n) is 2.81. The standard InChI is InChI=1S/C20H26N2O4.ClH/c1-13(18(21)14-9-7-6-8-10-14)20(23)22(2)15-11-16(24-3)19(26-5)17(12-15)25-4;/h6-13,18H,21H2,1-5H3;1H. The summed E-state index contributed by atoms with van der Waals surface area (Å²) in [6.45, 7) is 1.83. The number of carbonyl (C=O) groups excluding carboxylic acids is 1. The lowest BCUT2D eigenvalue weighted by atomic mass is 9.94. The molecule has 2 atom stereocenters. The number of halogens is 1. The molecule has 0 aliphatic rings. The Balaban J connectivity index is 0.00000364. The summed E-state index contributed by atoms with van der Waals surface area (Å²) in [5.74, 6) is 0.953. The van der Waals surface area contributed by atoms with Crippen LogP contribution in [0, 0.1) is 5.92 Å². The first-order valence-electron chi connectivity index (χ1n) is 8.32. The van der Waals surface area contributed by atoms with Gasteiger partial charge in [-0.3, -0.25) is 4.79 Å². The second-order valence-corrected chi connectivity index (χ2v) is 6.01. The zero-order valence-electron chi connectivity index (χ0n) is 16.3. The van der Waals surface area contributed by atoms with Gasteiger partial charge in [0.1, 0.15) is 0 Å². The number of hydrogen-bond donors (Lipinski definition) is 1. The molecule has 0 aromatic heterocycles. The fourth-order valence-corrected chi connectivity index (χ4v) is 2.81. The van der Waals surface area contributed by atoms with Crippen LogP contribution < -0.4 is 24.8 Å². The van der Waals surface area contributed by atoms with Crippen molar-refractivity contribution in [3.05, 3.63) is 48.0 Å². The summed E-state index contributed by atoms with van der Waals surface area (Å²) >= 11 is 0. The number of carbonyl (C=O) groups is 1. The quantitative estimate of drug-likeness (QED) is 0.778. The van der Waals surface area contributed by atoms with Crippen LogP contribution in [0.5, 0.6) is 17.2 Å². The zero-order chi connectivity index (χ0) is 19.3. The molecule has 0 aliphatic heterocycles. The summed E-state index contributed by atoms with van der Waals surface area (Å²) in [6, 6.07) is 12.7. The molecule has 0 bridgehead atoms. The second kappa shape index (κ2) is 10.0. The van der Waals surface area contributed by atoms with Crippen LogP contribution >= 0.6 is 12.4 Å². The molecule has 1 amide bonds. The zero-order valence-corrected chi connectivity index (χ0v) is 17.1. The molecular weight excluding hydrogens is 368 g/mol. The fraction of sp³-hybridized carbons (Fsp3) is 0.350. The van der Waals surface area contributed by atoms with Gasteiger partial charge in [-0.15, -0.1) is 12.4 Å². The highest BCUT2D eigenvalue weighted by molar-refractivity contribution is 5.95. The van der Waals surface area contributed by atoms with Crippen LogP contribution in [0.4, 0.5) is 5.69 Å². The van der Waals surface area contributed by atoms with Crippen LogP contribution in [0.1, 0.15) is 18.5 Å². The summed E-state index contributed by atoms with van der Waals surface area (Å²) in [4.78, 5) is 14.5. The number of nitrogens with two attached hydrogens (primary N) is 1. The molecule has 2 aromatic rings. The van der Waals surface area contributed by atoms with Crippen LogP contribution in [0.3, 0.4) is 0 Å². The third-order valence-electron chi connectivity index (χ3n) is 4.48. The van der Waals surface area contributed by atoms with Gasteiger partial charge in [-0.2, -0.15) is 0 Å².